The third-order valence-electron chi connectivity index (χ3n) is 4.82. The van der Waals surface area contributed by atoms with Crippen LogP contribution >= 0.6 is 0 Å². The van der Waals surface area contributed by atoms with E-state index in [9.17, 15) is 23.9 Å². The second kappa shape index (κ2) is 11.0. The quantitative estimate of drug-likeness (QED) is 0.336. The van der Waals surface area contributed by atoms with Crippen LogP contribution in [-0.4, -0.2) is 51.5 Å². The highest BCUT2D eigenvalue weighted by Crippen LogP contribution is 2.16. The van der Waals surface area contributed by atoms with E-state index < -0.39 is 35.6 Å². The Bertz CT molecular complexity index is 1120. The minimum absolute atomic E-state index is 0.0846. The van der Waals surface area contributed by atoms with Crippen molar-refractivity contribution in [1.82, 2.24) is 20.6 Å². The maximum absolute atomic E-state index is 13.3. The number of H-pyrrole nitrogens is 1. The highest BCUT2D eigenvalue weighted by molar-refractivity contribution is 6.06. The molecule has 3 amide bonds. The Balaban J connectivity index is 1.64. The molecule has 0 unspecified atom stereocenters. The maximum Gasteiger partial charge on any atom is 0.253 e. The van der Waals surface area contributed by atoms with Gasteiger partial charge in [-0.2, -0.15) is 0 Å². The van der Waals surface area contributed by atoms with E-state index >= 15 is 0 Å². The zero-order chi connectivity index (χ0) is 23.8. The Morgan fingerprint density at radius 1 is 1.09 bits per heavy atom. The van der Waals surface area contributed by atoms with Crippen LogP contribution in [0, 0.1) is 5.82 Å². The van der Waals surface area contributed by atoms with Crippen LogP contribution in [0.1, 0.15) is 33.3 Å². The molecule has 10 heteroatoms. The lowest BCUT2D eigenvalue weighted by atomic mass is 10.1. The number of nitrogens with one attached hydrogen (secondary N) is 4. The molecule has 3 aromatic rings. The molecule has 2 atom stereocenters. The minimum Gasteiger partial charge on any atom is -0.394 e. The van der Waals surface area contributed by atoms with E-state index in [0.717, 1.165) is 6.07 Å². The molecule has 172 valence electrons. The number of hydrogen-bond acceptors (Lipinski definition) is 5. The predicted octanol–water partition coefficient (Wildman–Crippen LogP) is 1.64. The molecule has 3 rings (SSSR count). The topological polar surface area (TPSA) is 136 Å². The van der Waals surface area contributed by atoms with E-state index in [2.05, 4.69) is 25.9 Å². The summed E-state index contributed by atoms with van der Waals surface area (Å²) < 4.78 is 13.3. The Labute approximate surface area is 189 Å². The molecule has 0 radical (unpaired) electrons. The van der Waals surface area contributed by atoms with Crippen molar-refractivity contribution in [3.63, 3.8) is 0 Å². The lowest BCUT2D eigenvalue weighted by Crippen LogP contribution is -2.42. The van der Waals surface area contributed by atoms with Crippen molar-refractivity contribution in [2.24, 2.45) is 0 Å². The summed E-state index contributed by atoms with van der Waals surface area (Å²) in [7, 11) is 0. The van der Waals surface area contributed by atoms with Gasteiger partial charge < -0.3 is 26.0 Å². The van der Waals surface area contributed by atoms with Gasteiger partial charge in [-0.25, -0.2) is 9.37 Å². The second-order valence-corrected chi connectivity index (χ2v) is 7.36. The van der Waals surface area contributed by atoms with Crippen molar-refractivity contribution >= 4 is 23.4 Å². The summed E-state index contributed by atoms with van der Waals surface area (Å²) >= 11 is 0. The normalized spacial score (nSPS) is 12.5. The zero-order valence-electron chi connectivity index (χ0n) is 17.8. The Hall–Kier alpha value is -4.05. The Kier molecular flexibility index (Phi) is 7.87. The molecule has 0 spiro atoms. The van der Waals surface area contributed by atoms with Crippen LogP contribution in [0.2, 0.25) is 0 Å². The van der Waals surface area contributed by atoms with Gasteiger partial charge in [-0.05, 0) is 37.3 Å². The van der Waals surface area contributed by atoms with Gasteiger partial charge >= 0.3 is 0 Å². The number of para-hydroxylation sites is 1. The van der Waals surface area contributed by atoms with Crippen molar-refractivity contribution < 1.29 is 23.9 Å². The third-order valence-corrected chi connectivity index (χ3v) is 4.82. The molecule has 2 aromatic carbocycles. The van der Waals surface area contributed by atoms with Crippen LogP contribution in [0.3, 0.4) is 0 Å². The lowest BCUT2D eigenvalue weighted by Gasteiger charge is -2.18. The summed E-state index contributed by atoms with van der Waals surface area (Å²) in [5, 5.41) is 17.5. The van der Waals surface area contributed by atoms with Crippen molar-refractivity contribution in [1.29, 1.82) is 0 Å². The highest BCUT2D eigenvalue weighted by Gasteiger charge is 2.21. The number of rotatable bonds is 9. The molecule has 33 heavy (non-hydrogen) atoms. The van der Waals surface area contributed by atoms with Gasteiger partial charge in [0.1, 0.15) is 11.9 Å². The van der Waals surface area contributed by atoms with Gasteiger partial charge in [0.15, 0.2) is 0 Å². The van der Waals surface area contributed by atoms with Crippen LogP contribution in [-0.2, 0) is 11.2 Å². The molecule has 0 aliphatic heterocycles. The SMILES string of the molecule is C[C@@H](NC(=O)c1cccc(F)c1)C(=O)Nc1ccccc1C(=O)N[C@H](CO)Cc1c[nH]cn1. The van der Waals surface area contributed by atoms with Crippen LogP contribution in [0.4, 0.5) is 10.1 Å². The molecule has 9 nitrogen and oxygen atoms in total. The monoisotopic (exact) mass is 453 g/mol. The number of imidazole rings is 1. The number of carbonyl (C=O) groups is 3. The van der Waals surface area contributed by atoms with Gasteiger partial charge in [0.25, 0.3) is 11.8 Å². The van der Waals surface area contributed by atoms with E-state index in [1.807, 2.05) is 0 Å². The molecule has 1 heterocycles. The fourth-order valence-corrected chi connectivity index (χ4v) is 3.09. The number of aliphatic hydroxyl groups excluding tert-OH is 1. The number of benzene rings is 2. The summed E-state index contributed by atoms with van der Waals surface area (Å²) in [5.74, 6) is -2.22. The highest BCUT2D eigenvalue weighted by atomic mass is 19.1. The van der Waals surface area contributed by atoms with E-state index in [4.69, 9.17) is 0 Å². The first kappa shape index (κ1) is 23.6. The van der Waals surface area contributed by atoms with Crippen molar-refractivity contribution in [2.75, 3.05) is 11.9 Å². The fraction of sp³-hybridized carbons (Fsp3) is 0.217. The fourth-order valence-electron chi connectivity index (χ4n) is 3.09. The van der Waals surface area contributed by atoms with Crippen LogP contribution in [0.25, 0.3) is 0 Å². The molecule has 0 aliphatic carbocycles. The number of nitrogens with zero attached hydrogens (tertiary/aromatic N) is 1. The zero-order valence-corrected chi connectivity index (χ0v) is 17.8. The van der Waals surface area contributed by atoms with E-state index in [0.29, 0.717) is 12.1 Å². The number of amides is 3. The number of aromatic nitrogens is 2. The predicted molar refractivity (Wildman–Crippen MR) is 119 cm³/mol. The largest absolute Gasteiger partial charge is 0.394 e. The summed E-state index contributed by atoms with van der Waals surface area (Å²) in [4.78, 5) is 44.6. The van der Waals surface area contributed by atoms with Crippen molar-refractivity contribution in [3.8, 4) is 0 Å². The van der Waals surface area contributed by atoms with E-state index in [-0.39, 0.29) is 23.4 Å². The molecule has 5 N–H and O–H groups in total. The molecule has 1 aromatic heterocycles. The van der Waals surface area contributed by atoms with Crippen LogP contribution in [0.5, 0.6) is 0 Å². The second-order valence-electron chi connectivity index (χ2n) is 7.36. The Morgan fingerprint density at radius 2 is 1.88 bits per heavy atom. The van der Waals surface area contributed by atoms with E-state index in [1.54, 1.807) is 24.4 Å². The number of aliphatic hydroxyl groups is 1. The number of aromatic amines is 1. The first-order valence-corrected chi connectivity index (χ1v) is 10.2. The average Bonchev–Trinajstić information content (AvgIpc) is 3.32. The summed E-state index contributed by atoms with van der Waals surface area (Å²) in [6, 6.07) is 9.96. The van der Waals surface area contributed by atoms with E-state index in [1.165, 1.54) is 37.5 Å². The van der Waals surface area contributed by atoms with Gasteiger partial charge in [-0.1, -0.05) is 18.2 Å². The maximum atomic E-state index is 13.3. The third kappa shape index (κ3) is 6.47. The molecular formula is C23H24FN5O4. The summed E-state index contributed by atoms with van der Waals surface area (Å²) in [6.07, 6.45) is 3.50. The number of hydrogen-bond donors (Lipinski definition) is 5. The molecule has 0 saturated carbocycles. The molecule has 0 fully saturated rings. The number of carbonyl (C=O) groups excluding carboxylic acids is 3. The van der Waals surface area contributed by atoms with Crippen LogP contribution < -0.4 is 16.0 Å². The minimum atomic E-state index is -0.957. The molecule has 0 bridgehead atoms. The lowest BCUT2D eigenvalue weighted by molar-refractivity contribution is -0.117. The smallest absolute Gasteiger partial charge is 0.253 e. The van der Waals surface area contributed by atoms with Gasteiger partial charge in [0.05, 0.1) is 35.9 Å². The summed E-state index contributed by atoms with van der Waals surface area (Å²) in [5.41, 5.74) is 1.19. The van der Waals surface area contributed by atoms with Crippen LogP contribution in [0.15, 0.2) is 61.1 Å². The Morgan fingerprint density at radius 3 is 2.58 bits per heavy atom. The van der Waals surface area contributed by atoms with Gasteiger partial charge in [0, 0.05) is 18.2 Å². The number of anilines is 1. The van der Waals surface area contributed by atoms with Crippen molar-refractivity contribution in [3.05, 3.63) is 83.7 Å². The van der Waals surface area contributed by atoms with Gasteiger partial charge in [-0.3, -0.25) is 14.4 Å². The molecule has 0 aliphatic rings. The van der Waals surface area contributed by atoms with Gasteiger partial charge in [-0.15, -0.1) is 0 Å². The van der Waals surface area contributed by atoms with Gasteiger partial charge in [0.2, 0.25) is 5.91 Å². The molecular weight excluding hydrogens is 429 g/mol. The van der Waals surface area contributed by atoms with Crippen molar-refractivity contribution in [2.45, 2.75) is 25.4 Å². The first-order valence-electron chi connectivity index (χ1n) is 10.2. The first-order chi connectivity index (χ1) is 15.9. The number of halogens is 1. The molecule has 0 saturated heterocycles. The summed E-state index contributed by atoms with van der Waals surface area (Å²) in [6.45, 7) is 1.18. The standard InChI is InChI=1S/C23H24FN5O4/c1-14(27-22(32)15-5-4-6-16(24)9-15)21(31)29-20-8-3-2-7-19(20)23(33)28-18(12-30)10-17-11-25-13-26-17/h2-9,11,13-14,18,30H,10,12H2,1H3,(H,25,26)(H,27,32)(H,28,33)(H,29,31)/t14-,18+/m1/s1. The average molecular weight is 453 g/mol.